The Kier molecular flexibility index (Phi) is 8.13. The predicted molar refractivity (Wildman–Crippen MR) is 65.8 cm³/mol. The van der Waals surface area contributed by atoms with E-state index in [1.165, 1.54) is 4.90 Å². The molecule has 0 bridgehead atoms. The summed E-state index contributed by atoms with van der Waals surface area (Å²) in [5, 5.41) is 5.80. The molecule has 0 aromatic rings. The lowest BCUT2D eigenvalue weighted by atomic mass is 10.2. The number of rotatable bonds is 7. The highest BCUT2D eigenvalue weighted by Gasteiger charge is 2.12. The Hall–Kier alpha value is -1.30. The second-order valence-corrected chi connectivity index (χ2v) is 3.98. The highest BCUT2D eigenvalue weighted by Crippen LogP contribution is 1.95. The van der Waals surface area contributed by atoms with Crippen LogP contribution >= 0.6 is 0 Å². The summed E-state index contributed by atoms with van der Waals surface area (Å²) in [4.78, 5) is 23.9. The van der Waals surface area contributed by atoms with Gasteiger partial charge < -0.3 is 20.3 Å². The van der Waals surface area contributed by atoms with Crippen LogP contribution in [0, 0.1) is 5.92 Å². The first-order valence-electron chi connectivity index (χ1n) is 5.81. The summed E-state index contributed by atoms with van der Waals surface area (Å²) in [7, 11) is 3.37. The van der Waals surface area contributed by atoms with Crippen molar-refractivity contribution in [2.45, 2.75) is 13.8 Å². The summed E-state index contributed by atoms with van der Waals surface area (Å²) < 4.78 is 4.88. The molecule has 0 heterocycles. The number of urea groups is 1. The molecule has 6 heteroatoms. The van der Waals surface area contributed by atoms with Gasteiger partial charge in [-0.15, -0.1) is 0 Å². The molecule has 0 aromatic carbocycles. The summed E-state index contributed by atoms with van der Waals surface area (Å²) in [5.74, 6) is -0.364. The molecule has 17 heavy (non-hydrogen) atoms. The SMILES string of the molecule is CCOC(=O)C(C)CNCCNC(=O)N(C)C. The minimum atomic E-state index is -0.197. The molecule has 1 atom stereocenters. The molecule has 0 aliphatic carbocycles. The van der Waals surface area contributed by atoms with Crippen LogP contribution in [0.15, 0.2) is 0 Å². The van der Waals surface area contributed by atoms with E-state index in [0.29, 0.717) is 26.2 Å². The van der Waals surface area contributed by atoms with E-state index in [0.717, 1.165) is 0 Å². The molecule has 0 radical (unpaired) electrons. The number of amides is 2. The van der Waals surface area contributed by atoms with Crippen LogP contribution in [0.5, 0.6) is 0 Å². The second kappa shape index (κ2) is 8.81. The number of carbonyl (C=O) groups excluding carboxylic acids is 2. The van der Waals surface area contributed by atoms with Crippen molar-refractivity contribution >= 4 is 12.0 Å². The molecular formula is C11H23N3O3. The van der Waals surface area contributed by atoms with Gasteiger partial charge in [-0.2, -0.15) is 0 Å². The zero-order valence-electron chi connectivity index (χ0n) is 11.1. The molecule has 0 fully saturated rings. The van der Waals surface area contributed by atoms with Crippen molar-refractivity contribution in [2.75, 3.05) is 40.3 Å². The van der Waals surface area contributed by atoms with Gasteiger partial charge in [0.2, 0.25) is 0 Å². The van der Waals surface area contributed by atoms with Crippen LogP contribution in [0.25, 0.3) is 0 Å². The maximum absolute atomic E-state index is 11.3. The average Bonchev–Trinajstić information content (AvgIpc) is 2.28. The fourth-order valence-electron chi connectivity index (χ4n) is 1.10. The van der Waals surface area contributed by atoms with Gasteiger partial charge in [-0.05, 0) is 6.92 Å². The lowest BCUT2D eigenvalue weighted by Crippen LogP contribution is -2.39. The summed E-state index contributed by atoms with van der Waals surface area (Å²) in [6.45, 7) is 5.72. The Morgan fingerprint density at radius 3 is 2.47 bits per heavy atom. The van der Waals surface area contributed by atoms with E-state index in [9.17, 15) is 9.59 Å². The third-order valence-electron chi connectivity index (χ3n) is 2.12. The van der Waals surface area contributed by atoms with E-state index in [1.807, 2.05) is 6.92 Å². The van der Waals surface area contributed by atoms with Gasteiger partial charge in [-0.1, -0.05) is 6.92 Å². The van der Waals surface area contributed by atoms with Crippen LogP contribution in [-0.4, -0.2) is 57.2 Å². The van der Waals surface area contributed by atoms with Crippen molar-refractivity contribution in [3.8, 4) is 0 Å². The van der Waals surface area contributed by atoms with Gasteiger partial charge in [-0.3, -0.25) is 4.79 Å². The van der Waals surface area contributed by atoms with E-state index in [2.05, 4.69) is 10.6 Å². The van der Waals surface area contributed by atoms with Crippen LogP contribution in [0.2, 0.25) is 0 Å². The maximum atomic E-state index is 11.3. The lowest BCUT2D eigenvalue weighted by molar-refractivity contribution is -0.147. The van der Waals surface area contributed by atoms with Crippen molar-refractivity contribution in [3.05, 3.63) is 0 Å². The molecule has 2 N–H and O–H groups in total. The van der Waals surface area contributed by atoms with E-state index >= 15 is 0 Å². The van der Waals surface area contributed by atoms with Crippen LogP contribution < -0.4 is 10.6 Å². The Balaban J connectivity index is 3.51. The van der Waals surface area contributed by atoms with Crippen molar-refractivity contribution in [2.24, 2.45) is 5.92 Å². The van der Waals surface area contributed by atoms with E-state index in [1.54, 1.807) is 21.0 Å². The second-order valence-electron chi connectivity index (χ2n) is 3.98. The number of carbonyl (C=O) groups is 2. The van der Waals surface area contributed by atoms with E-state index in [4.69, 9.17) is 4.74 Å². The largest absolute Gasteiger partial charge is 0.466 e. The van der Waals surface area contributed by atoms with Gasteiger partial charge in [0, 0.05) is 33.7 Å². The molecule has 0 aliphatic heterocycles. The minimum Gasteiger partial charge on any atom is -0.466 e. The Morgan fingerprint density at radius 2 is 1.94 bits per heavy atom. The first-order chi connectivity index (χ1) is 7.99. The number of ether oxygens (including phenoxy) is 1. The first kappa shape index (κ1) is 15.7. The van der Waals surface area contributed by atoms with Crippen molar-refractivity contribution in [1.29, 1.82) is 0 Å². The number of esters is 1. The van der Waals surface area contributed by atoms with E-state index < -0.39 is 0 Å². The summed E-state index contributed by atoms with van der Waals surface area (Å²) in [6.07, 6.45) is 0. The normalized spacial score (nSPS) is 11.8. The summed E-state index contributed by atoms with van der Waals surface area (Å²) in [6, 6.07) is -0.120. The van der Waals surface area contributed by atoms with Gasteiger partial charge in [0.05, 0.1) is 12.5 Å². The molecule has 0 aromatic heterocycles. The van der Waals surface area contributed by atoms with Crippen molar-refractivity contribution < 1.29 is 14.3 Å². The molecule has 0 spiro atoms. The fourth-order valence-corrected chi connectivity index (χ4v) is 1.10. The average molecular weight is 245 g/mol. The zero-order chi connectivity index (χ0) is 13.3. The molecule has 0 saturated heterocycles. The third-order valence-corrected chi connectivity index (χ3v) is 2.12. The Bertz CT molecular complexity index is 244. The van der Waals surface area contributed by atoms with Gasteiger partial charge in [0.25, 0.3) is 0 Å². The molecule has 0 aliphatic rings. The van der Waals surface area contributed by atoms with Crippen LogP contribution in [0.1, 0.15) is 13.8 Å². The number of hydrogen-bond donors (Lipinski definition) is 2. The first-order valence-corrected chi connectivity index (χ1v) is 5.81. The lowest BCUT2D eigenvalue weighted by Gasteiger charge is -2.13. The number of nitrogens with one attached hydrogen (secondary N) is 2. The monoisotopic (exact) mass is 245 g/mol. The van der Waals surface area contributed by atoms with Crippen LogP contribution in [-0.2, 0) is 9.53 Å². The molecule has 100 valence electrons. The fraction of sp³-hybridized carbons (Fsp3) is 0.818. The van der Waals surface area contributed by atoms with Crippen molar-refractivity contribution in [3.63, 3.8) is 0 Å². The van der Waals surface area contributed by atoms with E-state index in [-0.39, 0.29) is 17.9 Å². The molecule has 0 rings (SSSR count). The predicted octanol–water partition coefficient (Wildman–Crippen LogP) is 0.0464. The van der Waals surface area contributed by atoms with Crippen molar-refractivity contribution in [1.82, 2.24) is 15.5 Å². The van der Waals surface area contributed by atoms with Gasteiger partial charge >= 0.3 is 12.0 Å². The molecule has 6 nitrogen and oxygen atoms in total. The number of hydrogen-bond acceptors (Lipinski definition) is 4. The molecule has 0 saturated carbocycles. The highest BCUT2D eigenvalue weighted by atomic mass is 16.5. The number of nitrogens with zero attached hydrogens (tertiary/aromatic N) is 1. The Morgan fingerprint density at radius 1 is 1.29 bits per heavy atom. The van der Waals surface area contributed by atoms with Crippen LogP contribution in [0.4, 0.5) is 4.79 Å². The quantitative estimate of drug-likeness (QED) is 0.491. The minimum absolute atomic E-state index is 0.120. The highest BCUT2D eigenvalue weighted by molar-refractivity contribution is 5.73. The van der Waals surface area contributed by atoms with Gasteiger partial charge in [-0.25, -0.2) is 4.79 Å². The standard InChI is InChI=1S/C11H23N3O3/c1-5-17-10(15)9(2)8-12-6-7-13-11(16)14(3)4/h9,12H,5-8H2,1-4H3,(H,13,16). The van der Waals surface area contributed by atoms with Crippen LogP contribution in [0.3, 0.4) is 0 Å². The topological polar surface area (TPSA) is 70.7 Å². The molecular weight excluding hydrogens is 222 g/mol. The summed E-state index contributed by atoms with van der Waals surface area (Å²) in [5.41, 5.74) is 0. The Labute approximate surface area is 103 Å². The third kappa shape index (κ3) is 7.57. The summed E-state index contributed by atoms with van der Waals surface area (Å²) >= 11 is 0. The zero-order valence-corrected chi connectivity index (χ0v) is 11.1. The molecule has 1 unspecified atom stereocenters. The van der Waals surface area contributed by atoms with Gasteiger partial charge in [0.15, 0.2) is 0 Å². The molecule has 2 amide bonds. The smallest absolute Gasteiger partial charge is 0.316 e. The van der Waals surface area contributed by atoms with Gasteiger partial charge in [0.1, 0.15) is 0 Å². The maximum Gasteiger partial charge on any atom is 0.316 e.